The van der Waals surface area contributed by atoms with Gasteiger partial charge in [0.15, 0.2) is 6.29 Å². The summed E-state index contributed by atoms with van der Waals surface area (Å²) < 4.78 is 22.2. The van der Waals surface area contributed by atoms with E-state index >= 15 is 0 Å². The smallest absolute Gasteiger partial charge is 0.328 e. The van der Waals surface area contributed by atoms with Crippen LogP contribution in [0.1, 0.15) is 96.8 Å². The highest BCUT2D eigenvalue weighted by Crippen LogP contribution is 2.24. The molecule has 262 valence electrons. The van der Waals surface area contributed by atoms with Crippen LogP contribution in [0.3, 0.4) is 0 Å². The lowest BCUT2D eigenvalue weighted by Crippen LogP contribution is -2.64. The van der Waals surface area contributed by atoms with Gasteiger partial charge < -0.3 is 50.2 Å². The summed E-state index contributed by atoms with van der Waals surface area (Å²) in [6, 6.07) is -2.16. The lowest BCUT2D eigenvalue weighted by Gasteiger charge is -2.42. The van der Waals surface area contributed by atoms with Gasteiger partial charge in [0.2, 0.25) is 17.7 Å². The summed E-state index contributed by atoms with van der Waals surface area (Å²) in [6.45, 7) is 0.521. The summed E-state index contributed by atoms with van der Waals surface area (Å²) in [4.78, 5) is 62.1. The number of esters is 2. The van der Waals surface area contributed by atoms with Crippen molar-refractivity contribution in [2.75, 3.05) is 19.8 Å². The van der Waals surface area contributed by atoms with Gasteiger partial charge in [-0.05, 0) is 57.8 Å². The largest absolute Gasteiger partial charge is 0.462 e. The van der Waals surface area contributed by atoms with E-state index in [1.54, 1.807) is 0 Å². The fourth-order valence-corrected chi connectivity index (χ4v) is 5.93. The third-order valence-electron chi connectivity index (χ3n) is 8.48. The molecule has 1 saturated heterocycles. The van der Waals surface area contributed by atoms with E-state index in [-0.39, 0.29) is 51.0 Å². The zero-order chi connectivity index (χ0) is 33.5. The van der Waals surface area contributed by atoms with Crippen LogP contribution in [-0.4, -0.2) is 114 Å². The average molecular weight is 658 g/mol. The Kier molecular flexibility index (Phi) is 16.1. The summed E-state index contributed by atoms with van der Waals surface area (Å²) in [5.41, 5.74) is 0. The highest BCUT2D eigenvalue weighted by atomic mass is 16.7. The van der Waals surface area contributed by atoms with Crippen molar-refractivity contribution < 1.29 is 58.2 Å². The summed E-state index contributed by atoms with van der Waals surface area (Å²) in [5.74, 6) is -2.53. The molecular weight excluding hydrogens is 606 g/mol. The van der Waals surface area contributed by atoms with Gasteiger partial charge in [0, 0.05) is 32.7 Å². The van der Waals surface area contributed by atoms with E-state index in [9.17, 15) is 39.3 Å². The van der Waals surface area contributed by atoms with Gasteiger partial charge in [0.05, 0.1) is 13.2 Å². The highest BCUT2D eigenvalue weighted by Gasteiger charge is 2.45. The number of rotatable bonds is 16. The lowest BCUT2D eigenvalue weighted by atomic mass is 9.97. The molecule has 3 fully saturated rings. The van der Waals surface area contributed by atoms with Gasteiger partial charge in [0.25, 0.3) is 0 Å². The van der Waals surface area contributed by atoms with E-state index in [1.807, 2.05) is 0 Å². The minimum atomic E-state index is -1.46. The van der Waals surface area contributed by atoms with Crippen LogP contribution < -0.4 is 16.0 Å². The minimum Gasteiger partial charge on any atom is -0.462 e. The van der Waals surface area contributed by atoms with Gasteiger partial charge in [-0.1, -0.05) is 12.8 Å². The van der Waals surface area contributed by atoms with Crippen molar-refractivity contribution in [2.24, 2.45) is 0 Å². The number of aliphatic hydroxyl groups is 3. The van der Waals surface area contributed by atoms with Crippen LogP contribution >= 0.6 is 0 Å². The van der Waals surface area contributed by atoms with E-state index in [4.69, 9.17) is 18.9 Å². The Hall–Kier alpha value is -2.85. The van der Waals surface area contributed by atoms with Crippen LogP contribution in [0, 0.1) is 0 Å². The number of aliphatic hydroxyl groups excluding tert-OH is 3. The van der Waals surface area contributed by atoms with Crippen molar-refractivity contribution in [1.29, 1.82) is 0 Å². The first-order valence-corrected chi connectivity index (χ1v) is 16.5. The molecule has 3 amide bonds. The summed E-state index contributed by atoms with van der Waals surface area (Å²) in [5, 5.41) is 37.5. The first-order valence-electron chi connectivity index (χ1n) is 16.5. The predicted molar refractivity (Wildman–Crippen MR) is 161 cm³/mol. The Labute approximate surface area is 269 Å². The number of ether oxygens (including phenoxy) is 4. The predicted octanol–water partition coefficient (Wildman–Crippen LogP) is -0.140. The molecule has 0 bridgehead atoms. The molecule has 3 aliphatic rings. The van der Waals surface area contributed by atoms with Crippen molar-refractivity contribution in [3.05, 3.63) is 0 Å². The molecule has 2 saturated carbocycles. The molecule has 1 heterocycles. The van der Waals surface area contributed by atoms with Crippen LogP contribution in [0.4, 0.5) is 0 Å². The maximum absolute atomic E-state index is 13.0. The molecule has 0 aromatic carbocycles. The molecule has 0 spiro atoms. The van der Waals surface area contributed by atoms with E-state index in [1.165, 1.54) is 6.92 Å². The second-order valence-corrected chi connectivity index (χ2v) is 12.3. The minimum absolute atomic E-state index is 0.00497. The molecule has 15 nitrogen and oxygen atoms in total. The zero-order valence-corrected chi connectivity index (χ0v) is 26.7. The molecule has 3 rings (SSSR count). The van der Waals surface area contributed by atoms with E-state index in [0.29, 0.717) is 0 Å². The number of amides is 3. The quantitative estimate of drug-likeness (QED) is 0.0944. The molecular formula is C31H51N3O12. The maximum Gasteiger partial charge on any atom is 0.328 e. The van der Waals surface area contributed by atoms with Gasteiger partial charge in [-0.15, -0.1) is 0 Å². The molecule has 6 atom stereocenters. The van der Waals surface area contributed by atoms with Crippen LogP contribution in [0.25, 0.3) is 0 Å². The molecule has 1 aliphatic heterocycles. The number of hydrogen-bond acceptors (Lipinski definition) is 12. The second-order valence-electron chi connectivity index (χ2n) is 12.3. The number of nitrogens with one attached hydrogen (secondary N) is 3. The average Bonchev–Trinajstić information content (AvgIpc) is 3.04. The first-order chi connectivity index (χ1) is 22.1. The zero-order valence-electron chi connectivity index (χ0n) is 26.7. The summed E-state index contributed by atoms with van der Waals surface area (Å²) in [6.07, 6.45) is 3.30. The molecule has 15 heteroatoms. The van der Waals surface area contributed by atoms with Gasteiger partial charge in [-0.2, -0.15) is 0 Å². The SMILES string of the molecule is CC(=O)N[C@H]1[C@H](OCCNC(=O)CCC(=O)NC(CCC(=O)OC2CCCCC2)C(=O)OC2CCCCC2)O[C@H](CO)[C@H](O)[C@@H]1O. The van der Waals surface area contributed by atoms with Crippen molar-refractivity contribution >= 4 is 29.7 Å². The first kappa shape index (κ1) is 37.6. The molecule has 0 aromatic rings. The lowest BCUT2D eigenvalue weighted by molar-refractivity contribution is -0.269. The van der Waals surface area contributed by atoms with E-state index in [0.717, 1.165) is 64.2 Å². The molecule has 0 aromatic heterocycles. The van der Waals surface area contributed by atoms with E-state index in [2.05, 4.69) is 16.0 Å². The number of carbonyl (C=O) groups excluding carboxylic acids is 5. The maximum atomic E-state index is 13.0. The Morgan fingerprint density at radius 1 is 0.826 bits per heavy atom. The Bertz CT molecular complexity index is 1000. The molecule has 1 unspecified atom stereocenters. The Morgan fingerprint density at radius 3 is 2.04 bits per heavy atom. The molecule has 46 heavy (non-hydrogen) atoms. The molecule has 2 aliphatic carbocycles. The molecule has 6 N–H and O–H groups in total. The second kappa shape index (κ2) is 19.7. The van der Waals surface area contributed by atoms with Crippen molar-refractivity contribution in [3.63, 3.8) is 0 Å². The fourth-order valence-electron chi connectivity index (χ4n) is 5.93. The van der Waals surface area contributed by atoms with Crippen LogP contribution in [0.5, 0.6) is 0 Å². The van der Waals surface area contributed by atoms with Crippen molar-refractivity contribution in [3.8, 4) is 0 Å². The number of hydrogen-bond donors (Lipinski definition) is 6. The normalized spacial score (nSPS) is 26.4. The van der Waals surface area contributed by atoms with Crippen LogP contribution in [0.15, 0.2) is 0 Å². The Balaban J connectivity index is 1.42. The Morgan fingerprint density at radius 2 is 1.43 bits per heavy atom. The van der Waals surface area contributed by atoms with Gasteiger partial charge in [-0.3, -0.25) is 19.2 Å². The van der Waals surface area contributed by atoms with Crippen LogP contribution in [-0.2, 0) is 42.9 Å². The third kappa shape index (κ3) is 12.7. The third-order valence-corrected chi connectivity index (χ3v) is 8.48. The van der Waals surface area contributed by atoms with E-state index < -0.39 is 73.0 Å². The fraction of sp³-hybridized carbons (Fsp3) is 0.839. The number of carbonyl (C=O) groups is 5. The van der Waals surface area contributed by atoms with Crippen molar-refractivity contribution in [1.82, 2.24) is 16.0 Å². The van der Waals surface area contributed by atoms with Gasteiger partial charge in [-0.25, -0.2) is 4.79 Å². The standard InChI is InChI=1S/C31H51N3O12/c1-19(36)33-27-29(41)28(40)23(18-35)46-31(27)43-17-16-32-24(37)13-14-25(38)34-22(30(42)45-21-10-6-3-7-11-21)12-15-26(39)44-20-8-4-2-5-9-20/h20-23,27-29,31,35,40-41H,2-18H2,1H3,(H,32,37)(H,33,36)(H,34,38)/t22?,23-,27-,28+,29-,31-/m1/s1. The summed E-state index contributed by atoms with van der Waals surface area (Å²) >= 11 is 0. The molecule has 0 radical (unpaired) electrons. The summed E-state index contributed by atoms with van der Waals surface area (Å²) in [7, 11) is 0. The van der Waals surface area contributed by atoms with Gasteiger partial charge >= 0.3 is 11.9 Å². The topological polar surface area (TPSA) is 219 Å². The monoisotopic (exact) mass is 657 g/mol. The van der Waals surface area contributed by atoms with Gasteiger partial charge in [0.1, 0.15) is 42.6 Å². The van der Waals surface area contributed by atoms with Crippen LogP contribution in [0.2, 0.25) is 0 Å². The highest BCUT2D eigenvalue weighted by molar-refractivity contribution is 5.87. The van der Waals surface area contributed by atoms with Crippen molar-refractivity contribution in [2.45, 2.75) is 146 Å².